The Hall–Kier alpha value is -2.37. The third-order valence-electron chi connectivity index (χ3n) is 2.18. The zero-order valence-electron chi connectivity index (χ0n) is 8.38. The van der Waals surface area contributed by atoms with Crippen molar-refractivity contribution in [3.63, 3.8) is 0 Å². The molecule has 2 rings (SSSR count). The lowest BCUT2D eigenvalue weighted by Crippen LogP contribution is -1.97. The molecule has 0 spiro atoms. The summed E-state index contributed by atoms with van der Waals surface area (Å²) in [5.74, 6) is -0.617. The Morgan fingerprint density at radius 3 is 2.75 bits per heavy atom. The van der Waals surface area contributed by atoms with Crippen LogP contribution in [-0.4, -0.2) is 22.1 Å². The summed E-state index contributed by atoms with van der Waals surface area (Å²) < 4.78 is 4.78. The van der Waals surface area contributed by atoms with Crippen molar-refractivity contribution in [1.29, 1.82) is 0 Å². The zero-order chi connectivity index (χ0) is 11.7. The largest absolute Gasteiger partial charge is 0.501 e. The lowest BCUT2D eigenvalue weighted by Gasteiger charge is -2.05. The van der Waals surface area contributed by atoms with Crippen LogP contribution in [0.25, 0.3) is 10.9 Å². The van der Waals surface area contributed by atoms with Crippen LogP contribution in [0.4, 0.5) is 5.69 Å². The Balaban J connectivity index is 2.87. The van der Waals surface area contributed by atoms with E-state index in [1.165, 1.54) is 7.11 Å². The molecule has 0 bridgehead atoms. The molecule has 0 fully saturated rings. The van der Waals surface area contributed by atoms with Gasteiger partial charge in [-0.25, -0.2) is 4.98 Å². The topological polar surface area (TPSA) is 85.5 Å². The third-order valence-corrected chi connectivity index (χ3v) is 2.18. The van der Waals surface area contributed by atoms with Crippen LogP contribution in [0.1, 0.15) is 0 Å². The van der Waals surface area contributed by atoms with E-state index in [0.717, 1.165) is 0 Å². The first-order chi connectivity index (χ1) is 7.65. The molecule has 1 aromatic heterocycles. The Morgan fingerprint density at radius 2 is 2.12 bits per heavy atom. The second-order valence-corrected chi connectivity index (χ2v) is 3.09. The lowest BCUT2D eigenvalue weighted by atomic mass is 10.2. The maximum atomic E-state index is 10.8. The van der Waals surface area contributed by atoms with Gasteiger partial charge in [-0.15, -0.1) is 0 Å². The maximum Gasteiger partial charge on any atom is 0.372 e. The normalized spacial score (nSPS) is 10.3. The summed E-state index contributed by atoms with van der Waals surface area (Å²) in [7, 11) is 1.27. The summed E-state index contributed by atoms with van der Waals surface area (Å²) in [6.07, 6.45) is 0. The average molecular weight is 220 g/mol. The molecule has 6 heteroatoms. The van der Waals surface area contributed by atoms with Crippen LogP contribution in [0.15, 0.2) is 24.3 Å². The van der Waals surface area contributed by atoms with E-state index in [0.29, 0.717) is 10.9 Å². The van der Waals surface area contributed by atoms with Gasteiger partial charge in [0.05, 0.1) is 17.5 Å². The minimum Gasteiger partial charge on any atom is -0.501 e. The quantitative estimate of drug-likeness (QED) is 0.616. The van der Waals surface area contributed by atoms with E-state index in [1.807, 2.05) is 0 Å². The van der Waals surface area contributed by atoms with E-state index in [1.54, 1.807) is 24.3 Å². The number of ether oxygens (including phenoxy) is 1. The van der Waals surface area contributed by atoms with Gasteiger partial charge in [0.1, 0.15) is 0 Å². The van der Waals surface area contributed by atoms with E-state index < -0.39 is 16.4 Å². The molecule has 0 aliphatic carbocycles. The number of rotatable bonds is 2. The van der Waals surface area contributed by atoms with Gasteiger partial charge in [-0.05, 0) is 12.1 Å². The maximum absolute atomic E-state index is 10.8. The second-order valence-electron chi connectivity index (χ2n) is 3.09. The van der Waals surface area contributed by atoms with Crippen molar-refractivity contribution in [3.8, 4) is 11.6 Å². The molecule has 1 aromatic carbocycles. The Kier molecular flexibility index (Phi) is 2.32. The molecule has 6 nitrogen and oxygen atoms in total. The highest BCUT2D eigenvalue weighted by atomic mass is 16.6. The molecular weight excluding hydrogens is 212 g/mol. The highest BCUT2D eigenvalue weighted by molar-refractivity contribution is 5.89. The van der Waals surface area contributed by atoms with Gasteiger partial charge in [-0.3, -0.25) is 10.1 Å². The monoisotopic (exact) mass is 220 g/mol. The number of benzene rings is 1. The Labute approximate surface area is 90.3 Å². The molecule has 0 aliphatic heterocycles. The number of hydrogen-bond acceptors (Lipinski definition) is 5. The van der Waals surface area contributed by atoms with Crippen LogP contribution in [-0.2, 0) is 0 Å². The number of nitrogens with zero attached hydrogens (tertiary/aromatic N) is 2. The molecule has 0 saturated heterocycles. The minimum absolute atomic E-state index is 0.193. The van der Waals surface area contributed by atoms with E-state index >= 15 is 0 Å². The smallest absolute Gasteiger partial charge is 0.372 e. The summed E-state index contributed by atoms with van der Waals surface area (Å²) in [5.41, 5.74) is -0.0661. The molecule has 16 heavy (non-hydrogen) atoms. The molecule has 0 radical (unpaired) electrons. The second kappa shape index (κ2) is 3.65. The van der Waals surface area contributed by atoms with Crippen molar-refractivity contribution in [1.82, 2.24) is 4.98 Å². The predicted molar refractivity (Wildman–Crippen MR) is 56.6 cm³/mol. The fraction of sp³-hybridized carbons (Fsp3) is 0.100. The van der Waals surface area contributed by atoms with Crippen molar-refractivity contribution in [2.24, 2.45) is 0 Å². The van der Waals surface area contributed by atoms with Crippen molar-refractivity contribution in [2.45, 2.75) is 0 Å². The van der Waals surface area contributed by atoms with Crippen molar-refractivity contribution >= 4 is 16.6 Å². The van der Waals surface area contributed by atoms with Gasteiger partial charge in [-0.2, -0.15) is 0 Å². The summed E-state index contributed by atoms with van der Waals surface area (Å²) in [6.45, 7) is 0. The van der Waals surface area contributed by atoms with E-state index in [2.05, 4.69) is 4.98 Å². The SMILES string of the molecule is COc1nc2ccccc2c(O)c1[N+](=O)[O-]. The molecule has 1 N–H and O–H groups in total. The lowest BCUT2D eigenvalue weighted by molar-refractivity contribution is -0.387. The van der Waals surface area contributed by atoms with Gasteiger partial charge < -0.3 is 9.84 Å². The number of nitro groups is 1. The first kappa shape index (κ1) is 10.2. The van der Waals surface area contributed by atoms with Gasteiger partial charge >= 0.3 is 5.69 Å². The van der Waals surface area contributed by atoms with Crippen molar-refractivity contribution in [2.75, 3.05) is 7.11 Å². The van der Waals surface area contributed by atoms with Crippen LogP contribution in [0.3, 0.4) is 0 Å². The highest BCUT2D eigenvalue weighted by Gasteiger charge is 2.25. The number of pyridine rings is 1. The van der Waals surface area contributed by atoms with E-state index in [4.69, 9.17) is 4.74 Å². The van der Waals surface area contributed by atoms with Gasteiger partial charge in [0.15, 0.2) is 0 Å². The highest BCUT2D eigenvalue weighted by Crippen LogP contribution is 2.39. The van der Waals surface area contributed by atoms with Crippen LogP contribution in [0.5, 0.6) is 11.6 Å². The van der Waals surface area contributed by atoms with Gasteiger partial charge in [0.25, 0.3) is 5.88 Å². The average Bonchev–Trinajstić information content (AvgIpc) is 2.28. The summed E-state index contributed by atoms with van der Waals surface area (Å²) in [6, 6.07) is 6.59. The van der Waals surface area contributed by atoms with Crippen LogP contribution < -0.4 is 4.74 Å². The van der Waals surface area contributed by atoms with E-state index in [9.17, 15) is 15.2 Å². The summed E-state index contributed by atoms with van der Waals surface area (Å²) in [5, 5.41) is 20.9. The summed E-state index contributed by atoms with van der Waals surface area (Å²) >= 11 is 0. The van der Waals surface area contributed by atoms with Gasteiger partial charge in [0.2, 0.25) is 5.75 Å². The van der Waals surface area contributed by atoms with Gasteiger partial charge in [-0.1, -0.05) is 12.1 Å². The molecule has 0 atom stereocenters. The van der Waals surface area contributed by atoms with Crippen molar-refractivity contribution < 1.29 is 14.8 Å². The number of aromatic nitrogens is 1. The number of aromatic hydroxyl groups is 1. The molecule has 1 heterocycles. The van der Waals surface area contributed by atoms with E-state index in [-0.39, 0.29) is 5.88 Å². The number of methoxy groups -OCH3 is 1. The number of fused-ring (bicyclic) bond motifs is 1. The van der Waals surface area contributed by atoms with Gasteiger partial charge in [0, 0.05) is 5.39 Å². The number of para-hydroxylation sites is 1. The number of hydrogen-bond donors (Lipinski definition) is 1. The fourth-order valence-electron chi connectivity index (χ4n) is 1.47. The third kappa shape index (κ3) is 1.40. The summed E-state index contributed by atoms with van der Waals surface area (Å²) in [4.78, 5) is 14.0. The minimum atomic E-state index is -0.715. The standard InChI is InChI=1S/C10H8N2O4/c1-16-10-8(12(14)15)9(13)6-4-2-3-5-7(6)11-10/h2-5H,1H3,(H,11,13). The molecule has 0 saturated carbocycles. The Morgan fingerprint density at radius 1 is 1.44 bits per heavy atom. The van der Waals surface area contributed by atoms with Crippen molar-refractivity contribution in [3.05, 3.63) is 34.4 Å². The first-order valence-corrected chi connectivity index (χ1v) is 4.45. The zero-order valence-corrected chi connectivity index (χ0v) is 8.38. The molecule has 2 aromatic rings. The van der Waals surface area contributed by atoms with Crippen LogP contribution >= 0.6 is 0 Å². The molecule has 0 unspecified atom stereocenters. The Bertz CT molecular complexity index is 568. The molecule has 82 valence electrons. The fourth-order valence-corrected chi connectivity index (χ4v) is 1.47. The van der Waals surface area contributed by atoms with Crippen LogP contribution in [0.2, 0.25) is 0 Å². The predicted octanol–water partition coefficient (Wildman–Crippen LogP) is 1.86. The molecular formula is C10H8N2O4. The first-order valence-electron chi connectivity index (χ1n) is 4.45. The molecule has 0 amide bonds. The molecule has 0 aliphatic rings. The van der Waals surface area contributed by atoms with Crippen LogP contribution in [0, 0.1) is 10.1 Å².